The standard InChI is InChI=1S/C21H24F2N4O2/c1-13(2)25-20(28)19-16-11-27(26-17(16)7-8-24-19)10-15-5-6-18(14(3)9-15)29-12-21(4,22)23/h5-9,11,13H,10,12H2,1-4H3,(H,25,28). The zero-order valence-corrected chi connectivity index (χ0v) is 16.9. The molecule has 6 nitrogen and oxygen atoms in total. The number of aryl methyl sites for hydroxylation is 1. The van der Waals surface area contributed by atoms with Crippen molar-refractivity contribution in [2.24, 2.45) is 0 Å². The van der Waals surface area contributed by atoms with Crippen LogP contribution in [0.15, 0.2) is 36.7 Å². The summed E-state index contributed by atoms with van der Waals surface area (Å²) in [6, 6.07) is 7.13. The highest BCUT2D eigenvalue weighted by molar-refractivity contribution is 6.04. The molecular weight excluding hydrogens is 378 g/mol. The zero-order chi connectivity index (χ0) is 21.2. The summed E-state index contributed by atoms with van der Waals surface area (Å²) in [6.07, 6.45) is 3.35. The van der Waals surface area contributed by atoms with Crippen molar-refractivity contribution < 1.29 is 18.3 Å². The number of alkyl halides is 2. The van der Waals surface area contributed by atoms with Crippen molar-refractivity contribution in [2.45, 2.75) is 46.2 Å². The molecule has 3 aromatic rings. The molecule has 0 aliphatic carbocycles. The largest absolute Gasteiger partial charge is 0.487 e. The number of rotatable bonds is 7. The predicted octanol–water partition coefficient (Wildman–Crippen LogP) is 3.96. The first-order valence-corrected chi connectivity index (χ1v) is 9.35. The van der Waals surface area contributed by atoms with E-state index in [-0.39, 0.29) is 11.9 Å². The lowest BCUT2D eigenvalue weighted by atomic mass is 10.1. The van der Waals surface area contributed by atoms with Crippen LogP contribution in [0.1, 0.15) is 42.4 Å². The number of nitrogens with one attached hydrogen (secondary N) is 1. The van der Waals surface area contributed by atoms with E-state index in [0.717, 1.165) is 18.1 Å². The maximum atomic E-state index is 13.0. The van der Waals surface area contributed by atoms with Gasteiger partial charge in [-0.2, -0.15) is 5.10 Å². The molecule has 0 radical (unpaired) electrons. The monoisotopic (exact) mass is 402 g/mol. The fourth-order valence-electron chi connectivity index (χ4n) is 2.95. The van der Waals surface area contributed by atoms with Gasteiger partial charge in [-0.1, -0.05) is 12.1 Å². The normalized spacial score (nSPS) is 11.8. The van der Waals surface area contributed by atoms with E-state index < -0.39 is 12.5 Å². The lowest BCUT2D eigenvalue weighted by Crippen LogP contribution is -2.30. The van der Waals surface area contributed by atoms with Gasteiger partial charge in [0.1, 0.15) is 11.4 Å². The summed E-state index contributed by atoms with van der Waals surface area (Å²) in [5.74, 6) is -2.69. The van der Waals surface area contributed by atoms with Crippen molar-refractivity contribution in [3.8, 4) is 5.75 Å². The van der Waals surface area contributed by atoms with Crippen LogP contribution in [-0.4, -0.2) is 39.2 Å². The number of hydrogen-bond acceptors (Lipinski definition) is 4. The Kier molecular flexibility index (Phi) is 5.81. The van der Waals surface area contributed by atoms with E-state index in [9.17, 15) is 13.6 Å². The summed E-state index contributed by atoms with van der Waals surface area (Å²) in [7, 11) is 0. The summed E-state index contributed by atoms with van der Waals surface area (Å²) < 4.78 is 32.9. The van der Waals surface area contributed by atoms with Crippen molar-refractivity contribution in [1.82, 2.24) is 20.1 Å². The van der Waals surface area contributed by atoms with Gasteiger partial charge in [0.2, 0.25) is 0 Å². The first kappa shape index (κ1) is 20.7. The number of ether oxygens (including phenoxy) is 1. The third-order valence-electron chi connectivity index (χ3n) is 4.18. The minimum Gasteiger partial charge on any atom is -0.487 e. The van der Waals surface area contributed by atoms with Crippen molar-refractivity contribution in [1.29, 1.82) is 0 Å². The van der Waals surface area contributed by atoms with E-state index in [0.29, 0.717) is 28.9 Å². The van der Waals surface area contributed by atoms with Gasteiger partial charge in [-0.3, -0.25) is 14.5 Å². The topological polar surface area (TPSA) is 69.0 Å². The quantitative estimate of drug-likeness (QED) is 0.650. The molecule has 1 aromatic carbocycles. The van der Waals surface area contributed by atoms with Gasteiger partial charge in [0.25, 0.3) is 11.8 Å². The van der Waals surface area contributed by atoms with Gasteiger partial charge >= 0.3 is 0 Å². The number of fused-ring (bicyclic) bond motifs is 1. The van der Waals surface area contributed by atoms with E-state index in [1.54, 1.807) is 29.2 Å². The molecule has 2 heterocycles. The van der Waals surface area contributed by atoms with Crippen LogP contribution >= 0.6 is 0 Å². The van der Waals surface area contributed by atoms with Gasteiger partial charge in [-0.15, -0.1) is 0 Å². The van der Waals surface area contributed by atoms with E-state index in [4.69, 9.17) is 4.74 Å². The van der Waals surface area contributed by atoms with Crippen LogP contribution in [0.4, 0.5) is 8.78 Å². The third kappa shape index (κ3) is 5.28. The highest BCUT2D eigenvalue weighted by Crippen LogP contribution is 2.23. The Bertz CT molecular complexity index is 1030. The van der Waals surface area contributed by atoms with Gasteiger partial charge in [-0.25, -0.2) is 8.78 Å². The molecule has 0 saturated heterocycles. The molecule has 2 aromatic heterocycles. The van der Waals surface area contributed by atoms with Crippen LogP contribution in [0.3, 0.4) is 0 Å². The van der Waals surface area contributed by atoms with Crippen molar-refractivity contribution in [2.75, 3.05) is 6.61 Å². The molecular formula is C21H24F2N4O2. The Balaban J connectivity index is 1.80. The van der Waals surface area contributed by atoms with Gasteiger partial charge in [0, 0.05) is 25.4 Å². The molecule has 1 amide bonds. The second-order valence-electron chi connectivity index (χ2n) is 7.51. The second kappa shape index (κ2) is 8.14. The molecule has 0 aliphatic rings. The minimum absolute atomic E-state index is 0.00553. The van der Waals surface area contributed by atoms with E-state index in [1.807, 2.05) is 32.9 Å². The first-order valence-electron chi connectivity index (χ1n) is 9.35. The molecule has 0 bridgehead atoms. The number of carbonyl (C=O) groups is 1. The zero-order valence-electron chi connectivity index (χ0n) is 16.9. The Hall–Kier alpha value is -3.03. The summed E-state index contributed by atoms with van der Waals surface area (Å²) in [4.78, 5) is 16.6. The van der Waals surface area contributed by atoms with Gasteiger partial charge < -0.3 is 10.1 Å². The summed E-state index contributed by atoms with van der Waals surface area (Å²) >= 11 is 0. The summed E-state index contributed by atoms with van der Waals surface area (Å²) in [6.45, 7) is 6.21. The number of aromatic nitrogens is 3. The number of amides is 1. The third-order valence-corrected chi connectivity index (χ3v) is 4.18. The van der Waals surface area contributed by atoms with Gasteiger partial charge in [0.15, 0.2) is 6.61 Å². The van der Waals surface area contributed by atoms with Crippen LogP contribution in [0.25, 0.3) is 10.9 Å². The van der Waals surface area contributed by atoms with Crippen molar-refractivity contribution in [3.63, 3.8) is 0 Å². The van der Waals surface area contributed by atoms with Gasteiger partial charge in [0.05, 0.1) is 17.4 Å². The lowest BCUT2D eigenvalue weighted by Gasteiger charge is -2.14. The Morgan fingerprint density at radius 3 is 2.72 bits per heavy atom. The molecule has 0 fully saturated rings. The summed E-state index contributed by atoms with van der Waals surface area (Å²) in [5.41, 5.74) is 2.72. The van der Waals surface area contributed by atoms with Crippen LogP contribution < -0.4 is 10.1 Å². The fraction of sp³-hybridized carbons (Fsp3) is 0.381. The summed E-state index contributed by atoms with van der Waals surface area (Å²) in [5, 5.41) is 8.03. The van der Waals surface area contributed by atoms with Gasteiger partial charge in [-0.05, 0) is 44.0 Å². The molecule has 0 spiro atoms. The van der Waals surface area contributed by atoms with Crippen LogP contribution in [-0.2, 0) is 6.54 Å². The maximum absolute atomic E-state index is 13.0. The molecule has 8 heteroatoms. The average molecular weight is 402 g/mol. The molecule has 3 rings (SSSR count). The Morgan fingerprint density at radius 1 is 1.31 bits per heavy atom. The van der Waals surface area contributed by atoms with Crippen molar-refractivity contribution in [3.05, 3.63) is 53.5 Å². The fourth-order valence-corrected chi connectivity index (χ4v) is 2.95. The Morgan fingerprint density at radius 2 is 2.07 bits per heavy atom. The number of carbonyl (C=O) groups excluding carboxylic acids is 1. The maximum Gasteiger partial charge on any atom is 0.278 e. The molecule has 0 unspecified atom stereocenters. The number of hydrogen-bond donors (Lipinski definition) is 1. The predicted molar refractivity (Wildman–Crippen MR) is 107 cm³/mol. The SMILES string of the molecule is Cc1cc(Cn2cc3c(C(=O)NC(C)C)nccc3n2)ccc1OCC(C)(F)F. The highest BCUT2D eigenvalue weighted by Gasteiger charge is 2.22. The molecule has 154 valence electrons. The first-order chi connectivity index (χ1) is 13.6. The number of nitrogens with zero attached hydrogens (tertiary/aromatic N) is 3. The van der Waals surface area contributed by atoms with Crippen molar-refractivity contribution >= 4 is 16.8 Å². The second-order valence-corrected chi connectivity index (χ2v) is 7.51. The molecule has 0 atom stereocenters. The minimum atomic E-state index is -2.88. The smallest absolute Gasteiger partial charge is 0.278 e. The highest BCUT2D eigenvalue weighted by atomic mass is 19.3. The van der Waals surface area contributed by atoms with Crippen LogP contribution in [0.2, 0.25) is 0 Å². The van der Waals surface area contributed by atoms with Crippen LogP contribution in [0, 0.1) is 6.92 Å². The molecule has 0 aliphatic heterocycles. The van der Waals surface area contributed by atoms with E-state index >= 15 is 0 Å². The number of halogens is 2. The Labute approximate surface area is 167 Å². The number of pyridine rings is 1. The molecule has 29 heavy (non-hydrogen) atoms. The average Bonchev–Trinajstić information content (AvgIpc) is 3.01. The molecule has 0 saturated carbocycles. The number of benzene rings is 1. The molecule has 1 N–H and O–H groups in total. The van der Waals surface area contributed by atoms with Crippen LogP contribution in [0.5, 0.6) is 5.75 Å². The van der Waals surface area contributed by atoms with E-state index in [1.165, 1.54) is 0 Å². The van der Waals surface area contributed by atoms with E-state index in [2.05, 4.69) is 15.4 Å². The lowest BCUT2D eigenvalue weighted by molar-refractivity contribution is -0.0231.